The summed E-state index contributed by atoms with van der Waals surface area (Å²) >= 11 is 0. The van der Waals surface area contributed by atoms with Crippen molar-refractivity contribution in [2.24, 2.45) is 0 Å². The summed E-state index contributed by atoms with van der Waals surface area (Å²) in [5.41, 5.74) is 0. The summed E-state index contributed by atoms with van der Waals surface area (Å²) in [6.07, 6.45) is -3.69. The molecule has 0 spiro atoms. The van der Waals surface area contributed by atoms with E-state index in [1.54, 1.807) is 6.92 Å². The molecule has 0 saturated carbocycles. The van der Waals surface area contributed by atoms with Crippen molar-refractivity contribution in [2.75, 3.05) is 6.61 Å². The lowest BCUT2D eigenvalue weighted by molar-refractivity contribution is -0.191. The minimum Gasteiger partial charge on any atom is -0.463 e. The molecule has 4 atom stereocenters. The van der Waals surface area contributed by atoms with E-state index in [1.165, 1.54) is 27.7 Å². The minimum absolute atomic E-state index is 0.232. The minimum atomic E-state index is -1.23. The van der Waals surface area contributed by atoms with Gasteiger partial charge in [-0.05, 0) is 34.6 Å². The van der Waals surface area contributed by atoms with Gasteiger partial charge < -0.3 is 24.1 Å². The van der Waals surface area contributed by atoms with Crippen LogP contribution in [0.4, 0.5) is 0 Å². The molecule has 1 rings (SSSR count). The molecule has 0 aromatic heterocycles. The zero-order chi connectivity index (χ0) is 18.2. The molecule has 9 nitrogen and oxygen atoms in total. The molecule has 1 aliphatic rings. The number of aliphatic hydroxyl groups is 1. The fraction of sp³-hybridized carbons (Fsp3) is 0.714. The van der Waals surface area contributed by atoms with Gasteiger partial charge in [0.2, 0.25) is 0 Å². The van der Waals surface area contributed by atoms with Crippen LogP contribution in [0.25, 0.3) is 0 Å². The van der Waals surface area contributed by atoms with Gasteiger partial charge in [0.25, 0.3) is 0 Å². The van der Waals surface area contributed by atoms with Crippen molar-refractivity contribution in [1.29, 1.82) is 0 Å². The highest BCUT2D eigenvalue weighted by Crippen LogP contribution is 2.08. The molecular weight excluding hydrogens is 312 g/mol. The van der Waals surface area contributed by atoms with Crippen LogP contribution in [0.3, 0.4) is 0 Å². The number of ether oxygens (including phenoxy) is 4. The molecule has 1 aliphatic heterocycles. The molecule has 0 aromatic rings. The highest BCUT2D eigenvalue weighted by molar-refractivity contribution is 5.86. The number of esters is 4. The monoisotopic (exact) mass is 334 g/mol. The molecule has 1 saturated heterocycles. The van der Waals surface area contributed by atoms with E-state index in [-0.39, 0.29) is 6.61 Å². The first-order valence-electron chi connectivity index (χ1n) is 7.06. The number of aliphatic hydroxyl groups excluding tert-OH is 1. The van der Waals surface area contributed by atoms with Crippen LogP contribution in [-0.2, 0) is 38.1 Å². The fourth-order valence-electron chi connectivity index (χ4n) is 1.22. The summed E-state index contributed by atoms with van der Waals surface area (Å²) in [6.45, 7) is 7.49. The van der Waals surface area contributed by atoms with Gasteiger partial charge in [-0.3, -0.25) is 0 Å². The maximum absolute atomic E-state index is 10.9. The van der Waals surface area contributed by atoms with Crippen LogP contribution in [0.1, 0.15) is 34.6 Å². The van der Waals surface area contributed by atoms with Crippen LogP contribution in [0.15, 0.2) is 0 Å². The van der Waals surface area contributed by atoms with Crippen molar-refractivity contribution >= 4 is 23.9 Å². The van der Waals surface area contributed by atoms with Crippen molar-refractivity contribution in [2.45, 2.75) is 59.0 Å². The SMILES string of the molecule is CCOC(=O)[C@H](C)OC(=O)[C@H](C)O.C[C@@H]1OC(=O)[C@H](C)OC1=O. The molecule has 23 heavy (non-hydrogen) atoms. The first-order valence-corrected chi connectivity index (χ1v) is 7.06. The topological polar surface area (TPSA) is 125 Å². The molecule has 0 unspecified atom stereocenters. The molecular formula is C14H22O9. The Balaban J connectivity index is 0.000000433. The predicted molar refractivity (Wildman–Crippen MR) is 75.0 cm³/mol. The maximum atomic E-state index is 10.9. The van der Waals surface area contributed by atoms with Crippen LogP contribution >= 0.6 is 0 Å². The van der Waals surface area contributed by atoms with Gasteiger partial charge in [-0.15, -0.1) is 0 Å². The van der Waals surface area contributed by atoms with E-state index in [1.807, 2.05) is 0 Å². The van der Waals surface area contributed by atoms with Gasteiger partial charge in [-0.25, -0.2) is 19.2 Å². The Bertz CT molecular complexity index is 424. The second kappa shape index (κ2) is 9.78. The smallest absolute Gasteiger partial charge is 0.347 e. The zero-order valence-corrected chi connectivity index (χ0v) is 13.7. The summed E-state index contributed by atoms with van der Waals surface area (Å²) < 4.78 is 18.3. The van der Waals surface area contributed by atoms with E-state index in [9.17, 15) is 19.2 Å². The zero-order valence-electron chi connectivity index (χ0n) is 13.7. The number of cyclic esters (lactones) is 2. The molecule has 0 aromatic carbocycles. The van der Waals surface area contributed by atoms with Gasteiger partial charge >= 0.3 is 23.9 Å². The molecule has 0 bridgehead atoms. The largest absolute Gasteiger partial charge is 0.463 e. The second-order valence-electron chi connectivity index (χ2n) is 4.67. The van der Waals surface area contributed by atoms with Crippen molar-refractivity contribution in [3.05, 3.63) is 0 Å². The summed E-state index contributed by atoms with van der Waals surface area (Å²) in [4.78, 5) is 43.0. The fourth-order valence-corrected chi connectivity index (χ4v) is 1.22. The summed E-state index contributed by atoms with van der Waals surface area (Å²) in [6, 6.07) is 0. The van der Waals surface area contributed by atoms with Crippen LogP contribution in [0.5, 0.6) is 0 Å². The number of hydrogen-bond acceptors (Lipinski definition) is 9. The number of carbonyl (C=O) groups is 4. The van der Waals surface area contributed by atoms with Gasteiger partial charge in [-0.2, -0.15) is 0 Å². The van der Waals surface area contributed by atoms with E-state index < -0.39 is 48.3 Å². The molecule has 0 aliphatic carbocycles. The highest BCUT2D eigenvalue weighted by atomic mass is 16.6. The first-order chi connectivity index (χ1) is 10.6. The Morgan fingerprint density at radius 2 is 1.52 bits per heavy atom. The van der Waals surface area contributed by atoms with Crippen molar-refractivity contribution in [1.82, 2.24) is 0 Å². The van der Waals surface area contributed by atoms with Crippen LogP contribution in [-0.4, -0.2) is 60.0 Å². The molecule has 1 N–H and O–H groups in total. The predicted octanol–water partition coefficient (Wildman–Crippen LogP) is -0.275. The van der Waals surface area contributed by atoms with E-state index in [4.69, 9.17) is 5.11 Å². The number of carbonyl (C=O) groups excluding carboxylic acids is 4. The molecule has 9 heteroatoms. The Kier molecular flexibility index (Phi) is 8.86. The second-order valence-corrected chi connectivity index (χ2v) is 4.67. The average molecular weight is 334 g/mol. The summed E-state index contributed by atoms with van der Waals surface area (Å²) in [7, 11) is 0. The molecule has 1 fully saturated rings. The van der Waals surface area contributed by atoms with E-state index in [0.717, 1.165) is 0 Å². The lowest BCUT2D eigenvalue weighted by Gasteiger charge is -2.22. The van der Waals surface area contributed by atoms with Gasteiger partial charge in [-0.1, -0.05) is 0 Å². The quantitative estimate of drug-likeness (QED) is 0.546. The molecule has 132 valence electrons. The molecule has 0 amide bonds. The molecule has 1 heterocycles. The molecule has 0 radical (unpaired) electrons. The Labute approximate surface area is 133 Å². The van der Waals surface area contributed by atoms with Gasteiger partial charge in [0.15, 0.2) is 18.3 Å². The first kappa shape index (κ1) is 20.8. The Morgan fingerprint density at radius 3 is 1.87 bits per heavy atom. The number of hydrogen-bond donors (Lipinski definition) is 1. The van der Waals surface area contributed by atoms with Gasteiger partial charge in [0.1, 0.15) is 6.10 Å². The Morgan fingerprint density at radius 1 is 1.09 bits per heavy atom. The lowest BCUT2D eigenvalue weighted by Crippen LogP contribution is -2.40. The van der Waals surface area contributed by atoms with Crippen molar-refractivity contribution in [3.63, 3.8) is 0 Å². The van der Waals surface area contributed by atoms with Crippen LogP contribution in [0, 0.1) is 0 Å². The van der Waals surface area contributed by atoms with Crippen molar-refractivity contribution < 1.29 is 43.2 Å². The van der Waals surface area contributed by atoms with Gasteiger partial charge in [0, 0.05) is 0 Å². The summed E-state index contributed by atoms with van der Waals surface area (Å²) in [5.74, 6) is -2.41. The average Bonchev–Trinajstić information content (AvgIpc) is 2.46. The third-order valence-electron chi connectivity index (χ3n) is 2.50. The third-order valence-corrected chi connectivity index (χ3v) is 2.50. The number of rotatable bonds is 4. The Hall–Kier alpha value is -2.16. The van der Waals surface area contributed by atoms with Gasteiger partial charge in [0.05, 0.1) is 6.61 Å². The van der Waals surface area contributed by atoms with Crippen LogP contribution < -0.4 is 0 Å². The normalized spacial score (nSPS) is 22.5. The summed E-state index contributed by atoms with van der Waals surface area (Å²) in [5, 5.41) is 8.75. The van der Waals surface area contributed by atoms with Crippen LogP contribution in [0.2, 0.25) is 0 Å². The highest BCUT2D eigenvalue weighted by Gasteiger charge is 2.32. The third kappa shape index (κ3) is 7.59. The van der Waals surface area contributed by atoms with E-state index in [0.29, 0.717) is 0 Å². The van der Waals surface area contributed by atoms with E-state index >= 15 is 0 Å². The van der Waals surface area contributed by atoms with Crippen molar-refractivity contribution in [3.8, 4) is 0 Å². The standard InChI is InChI=1S/C8H14O5.C6H8O4/c1-4-12-8(11)6(3)13-7(10)5(2)9;1-3-5(7)10-4(2)6(8)9-3/h5-6,9H,4H2,1-3H3;3-4H,1-2H3/t5-,6-;3-,4-/m00/s1. The lowest BCUT2D eigenvalue weighted by atomic mass is 10.3. The van der Waals surface area contributed by atoms with E-state index in [2.05, 4.69) is 18.9 Å². The maximum Gasteiger partial charge on any atom is 0.347 e.